The van der Waals surface area contributed by atoms with E-state index < -0.39 is 0 Å². The van der Waals surface area contributed by atoms with Crippen molar-refractivity contribution in [3.05, 3.63) is 33.1 Å². The van der Waals surface area contributed by atoms with Crippen LogP contribution < -0.4 is 10.9 Å². The van der Waals surface area contributed by atoms with Crippen LogP contribution in [0.2, 0.25) is 0 Å². The Morgan fingerprint density at radius 1 is 1.36 bits per heavy atom. The van der Waals surface area contributed by atoms with E-state index in [1.807, 2.05) is 40.0 Å². The van der Waals surface area contributed by atoms with Crippen LogP contribution in [0.15, 0.2) is 17.1 Å². The summed E-state index contributed by atoms with van der Waals surface area (Å²) in [5.41, 5.74) is 0.122. The maximum Gasteiger partial charge on any atom is 0.260 e. The summed E-state index contributed by atoms with van der Waals surface area (Å²) in [7, 11) is 0. The molecule has 1 N–H and O–H groups in total. The summed E-state index contributed by atoms with van der Waals surface area (Å²) in [5, 5.41) is 3.51. The molecule has 0 aromatic carbocycles. The Morgan fingerprint density at radius 3 is 2.55 bits per heavy atom. The molecule has 0 unspecified atom stereocenters. The quantitative estimate of drug-likeness (QED) is 0.940. The first-order valence-corrected chi connectivity index (χ1v) is 8.37. The zero-order valence-electron chi connectivity index (χ0n) is 14.1. The Bertz CT molecular complexity index is 763. The van der Waals surface area contributed by atoms with Gasteiger partial charge in [-0.1, -0.05) is 13.8 Å². The molecule has 2 heterocycles. The Balaban J connectivity index is 2.61. The van der Waals surface area contributed by atoms with Crippen molar-refractivity contribution in [3.63, 3.8) is 0 Å². The maximum atomic E-state index is 12.8. The van der Waals surface area contributed by atoms with E-state index in [-0.39, 0.29) is 17.0 Å². The minimum atomic E-state index is -0.330. The van der Waals surface area contributed by atoms with Gasteiger partial charge in [0.2, 0.25) is 0 Å². The molecule has 0 saturated carbocycles. The Labute approximate surface area is 135 Å². The number of carbonyl (C=O) groups is 1. The van der Waals surface area contributed by atoms with Crippen molar-refractivity contribution in [1.29, 1.82) is 0 Å². The Hall–Kier alpha value is -1.62. The van der Waals surface area contributed by atoms with Gasteiger partial charge in [-0.2, -0.15) is 0 Å². The number of hydrogen-bond donors (Lipinski definition) is 1. The molecule has 2 aromatic heterocycles. The molecule has 1 amide bonds. The topological polar surface area (TPSA) is 51.1 Å². The van der Waals surface area contributed by atoms with E-state index in [2.05, 4.69) is 19.2 Å². The van der Waals surface area contributed by atoms with E-state index in [0.29, 0.717) is 23.4 Å². The third-order valence-electron chi connectivity index (χ3n) is 3.27. The molecular weight excluding hydrogens is 296 g/mol. The van der Waals surface area contributed by atoms with E-state index in [1.54, 1.807) is 4.57 Å². The van der Waals surface area contributed by atoms with Gasteiger partial charge in [0.1, 0.15) is 0 Å². The summed E-state index contributed by atoms with van der Waals surface area (Å²) in [4.78, 5) is 26.2. The zero-order valence-corrected chi connectivity index (χ0v) is 14.9. The van der Waals surface area contributed by atoms with Gasteiger partial charge in [-0.15, -0.1) is 11.3 Å². The number of thiophene rings is 1. The molecule has 0 saturated heterocycles. The van der Waals surface area contributed by atoms with Crippen molar-refractivity contribution in [2.75, 3.05) is 0 Å². The van der Waals surface area contributed by atoms with Gasteiger partial charge < -0.3 is 9.88 Å². The molecule has 0 atom stereocenters. The molecule has 0 spiro atoms. The van der Waals surface area contributed by atoms with Gasteiger partial charge in [0, 0.05) is 27.9 Å². The number of aromatic nitrogens is 1. The fourth-order valence-corrected chi connectivity index (χ4v) is 3.53. The van der Waals surface area contributed by atoms with Gasteiger partial charge in [0.05, 0.1) is 10.9 Å². The molecule has 0 aliphatic rings. The fraction of sp³-hybridized carbons (Fsp3) is 0.529. The lowest BCUT2D eigenvalue weighted by molar-refractivity contribution is 0.0921. The molecule has 0 aliphatic carbocycles. The first-order chi connectivity index (χ1) is 10.1. The van der Waals surface area contributed by atoms with Crippen LogP contribution in [0.1, 0.15) is 49.9 Å². The van der Waals surface area contributed by atoms with Crippen LogP contribution in [0.3, 0.4) is 0 Å². The second kappa shape index (κ2) is 5.88. The second-order valence-electron chi connectivity index (χ2n) is 7.14. The molecule has 2 aromatic rings. The third kappa shape index (κ3) is 3.40. The minimum absolute atomic E-state index is 0.0744. The van der Waals surface area contributed by atoms with Crippen LogP contribution in [-0.2, 0) is 6.54 Å². The molecule has 22 heavy (non-hydrogen) atoms. The van der Waals surface area contributed by atoms with Crippen LogP contribution in [0.5, 0.6) is 0 Å². The standard InChI is InChI=1S/C17H24N2O2S/c1-10(2)9-19-8-7-12-14(16(19)21)13(11(3)22-12)15(20)18-17(4,5)6/h7-8,10H,9H2,1-6H3,(H,18,20). The van der Waals surface area contributed by atoms with Crippen molar-refractivity contribution in [2.45, 2.75) is 53.6 Å². The van der Waals surface area contributed by atoms with Crippen molar-refractivity contribution in [2.24, 2.45) is 5.92 Å². The van der Waals surface area contributed by atoms with E-state index in [4.69, 9.17) is 0 Å². The number of nitrogens with one attached hydrogen (secondary N) is 1. The maximum absolute atomic E-state index is 12.8. The second-order valence-corrected chi connectivity index (χ2v) is 8.40. The number of fused-ring (bicyclic) bond motifs is 1. The molecule has 120 valence electrons. The van der Waals surface area contributed by atoms with Crippen LogP contribution in [-0.4, -0.2) is 16.0 Å². The molecule has 2 rings (SSSR count). The summed E-state index contributed by atoms with van der Waals surface area (Å²) in [6.45, 7) is 12.5. The first kappa shape index (κ1) is 16.7. The number of nitrogens with zero attached hydrogens (tertiary/aromatic N) is 1. The molecule has 0 fully saturated rings. The Kier molecular flexibility index (Phi) is 4.47. The normalized spacial score (nSPS) is 12.1. The SMILES string of the molecule is Cc1sc2ccn(CC(C)C)c(=O)c2c1C(=O)NC(C)(C)C. The van der Waals surface area contributed by atoms with Gasteiger partial charge in [0.15, 0.2) is 0 Å². The smallest absolute Gasteiger partial charge is 0.260 e. The molecular formula is C17H24N2O2S. The van der Waals surface area contributed by atoms with Crippen molar-refractivity contribution in [3.8, 4) is 0 Å². The largest absolute Gasteiger partial charge is 0.347 e. The van der Waals surface area contributed by atoms with Crippen LogP contribution >= 0.6 is 11.3 Å². The summed E-state index contributed by atoms with van der Waals surface area (Å²) in [6, 6.07) is 1.94. The van der Waals surface area contributed by atoms with Gasteiger partial charge in [-0.25, -0.2) is 0 Å². The van der Waals surface area contributed by atoms with Crippen molar-refractivity contribution < 1.29 is 4.79 Å². The molecule has 0 bridgehead atoms. The third-order valence-corrected chi connectivity index (χ3v) is 4.34. The lowest BCUT2D eigenvalue weighted by atomic mass is 10.1. The highest BCUT2D eigenvalue weighted by molar-refractivity contribution is 7.19. The van der Waals surface area contributed by atoms with Gasteiger partial charge in [-0.3, -0.25) is 9.59 Å². The number of aryl methyl sites for hydroxylation is 1. The lowest BCUT2D eigenvalue weighted by Gasteiger charge is -2.20. The minimum Gasteiger partial charge on any atom is -0.347 e. The summed E-state index contributed by atoms with van der Waals surface area (Å²) >= 11 is 1.50. The fourth-order valence-electron chi connectivity index (χ4n) is 2.48. The predicted octanol–water partition coefficient (Wildman–Crippen LogP) is 3.56. The lowest BCUT2D eigenvalue weighted by Crippen LogP contribution is -2.41. The first-order valence-electron chi connectivity index (χ1n) is 7.55. The zero-order chi connectivity index (χ0) is 16.7. The van der Waals surface area contributed by atoms with Gasteiger partial charge in [-0.05, 0) is 39.7 Å². The van der Waals surface area contributed by atoms with Crippen molar-refractivity contribution >= 4 is 27.3 Å². The molecule has 0 radical (unpaired) electrons. The summed E-state index contributed by atoms with van der Waals surface area (Å²) in [6.07, 6.45) is 1.83. The Morgan fingerprint density at radius 2 is 2.00 bits per heavy atom. The average molecular weight is 320 g/mol. The number of hydrogen-bond acceptors (Lipinski definition) is 3. The highest BCUT2D eigenvalue weighted by Gasteiger charge is 2.23. The summed E-state index contributed by atoms with van der Waals surface area (Å²) in [5.74, 6) is 0.206. The van der Waals surface area contributed by atoms with E-state index >= 15 is 0 Å². The van der Waals surface area contributed by atoms with Crippen molar-refractivity contribution in [1.82, 2.24) is 9.88 Å². The van der Waals surface area contributed by atoms with Gasteiger partial charge >= 0.3 is 0 Å². The summed E-state index contributed by atoms with van der Waals surface area (Å²) < 4.78 is 2.58. The number of carbonyl (C=O) groups excluding carboxylic acids is 1. The monoisotopic (exact) mass is 320 g/mol. The van der Waals surface area contributed by atoms with Crippen LogP contribution in [0.4, 0.5) is 0 Å². The van der Waals surface area contributed by atoms with Crippen LogP contribution in [0, 0.1) is 12.8 Å². The van der Waals surface area contributed by atoms with Crippen LogP contribution in [0.25, 0.3) is 10.1 Å². The molecule has 4 nitrogen and oxygen atoms in total. The van der Waals surface area contributed by atoms with Gasteiger partial charge in [0.25, 0.3) is 11.5 Å². The number of amides is 1. The van der Waals surface area contributed by atoms with E-state index in [1.165, 1.54) is 11.3 Å². The highest BCUT2D eigenvalue weighted by Crippen LogP contribution is 2.28. The molecule has 0 aliphatic heterocycles. The predicted molar refractivity (Wildman–Crippen MR) is 92.9 cm³/mol. The molecule has 5 heteroatoms. The number of pyridine rings is 1. The number of rotatable bonds is 3. The highest BCUT2D eigenvalue weighted by atomic mass is 32.1. The average Bonchev–Trinajstić information content (AvgIpc) is 2.67. The van der Waals surface area contributed by atoms with E-state index in [9.17, 15) is 9.59 Å². The van der Waals surface area contributed by atoms with E-state index in [0.717, 1.165) is 9.58 Å².